The number of Topliss-reactive ketones (excluding diaryl/α,β-unsaturated/α-hetero) is 1. The number of ketones is 1. The highest BCUT2D eigenvalue weighted by Gasteiger charge is 2.16. The first-order valence-electron chi connectivity index (χ1n) is 5.63. The molecular formula is C13H17NO. The molecule has 1 aliphatic rings. The standard InChI is InChI=1S/C13H17NO/c1-3-9(2)13(15)11-4-5-12-10(8-11)6-7-14-12/h4-5,8-9,14H,3,6-7H2,1-2H3. The molecule has 1 aromatic carbocycles. The van der Waals surface area contributed by atoms with Crippen molar-refractivity contribution in [2.45, 2.75) is 26.7 Å². The predicted octanol–water partition coefficient (Wildman–Crippen LogP) is 2.88. The molecule has 1 N–H and O–H groups in total. The van der Waals surface area contributed by atoms with E-state index in [0.29, 0.717) is 0 Å². The normalized spacial score (nSPS) is 15.6. The van der Waals surface area contributed by atoms with Gasteiger partial charge in [0.05, 0.1) is 0 Å². The highest BCUT2D eigenvalue weighted by molar-refractivity contribution is 5.98. The Balaban J connectivity index is 2.26. The Bertz CT molecular complexity index is 384. The molecule has 2 nitrogen and oxygen atoms in total. The maximum absolute atomic E-state index is 12.0. The van der Waals surface area contributed by atoms with Crippen LogP contribution in [0.25, 0.3) is 0 Å². The fourth-order valence-electron chi connectivity index (χ4n) is 1.93. The first-order chi connectivity index (χ1) is 7.22. The van der Waals surface area contributed by atoms with Crippen molar-refractivity contribution in [1.29, 1.82) is 0 Å². The highest BCUT2D eigenvalue weighted by Crippen LogP contribution is 2.24. The van der Waals surface area contributed by atoms with Crippen molar-refractivity contribution < 1.29 is 4.79 Å². The third-order valence-electron chi connectivity index (χ3n) is 3.16. The molecule has 0 aromatic heterocycles. The molecule has 1 unspecified atom stereocenters. The molecular weight excluding hydrogens is 186 g/mol. The largest absolute Gasteiger partial charge is 0.384 e. The zero-order valence-corrected chi connectivity index (χ0v) is 9.34. The smallest absolute Gasteiger partial charge is 0.165 e. The van der Waals surface area contributed by atoms with Gasteiger partial charge in [0.1, 0.15) is 0 Å². The first kappa shape index (κ1) is 10.2. The van der Waals surface area contributed by atoms with Crippen LogP contribution in [0.5, 0.6) is 0 Å². The minimum atomic E-state index is 0.136. The number of hydrogen-bond acceptors (Lipinski definition) is 2. The molecule has 1 atom stereocenters. The zero-order chi connectivity index (χ0) is 10.8. The molecule has 1 aromatic rings. The monoisotopic (exact) mass is 203 g/mol. The van der Waals surface area contributed by atoms with Crippen LogP contribution in [0.2, 0.25) is 0 Å². The van der Waals surface area contributed by atoms with Gasteiger partial charge in [-0.25, -0.2) is 0 Å². The topological polar surface area (TPSA) is 29.1 Å². The minimum absolute atomic E-state index is 0.136. The Labute approximate surface area is 90.7 Å². The van der Waals surface area contributed by atoms with Crippen LogP contribution in [0.3, 0.4) is 0 Å². The third-order valence-corrected chi connectivity index (χ3v) is 3.16. The van der Waals surface area contributed by atoms with Gasteiger partial charge in [0.15, 0.2) is 5.78 Å². The van der Waals surface area contributed by atoms with Gasteiger partial charge in [-0.05, 0) is 36.6 Å². The number of anilines is 1. The minimum Gasteiger partial charge on any atom is -0.384 e. The fraction of sp³-hybridized carbons (Fsp3) is 0.462. The summed E-state index contributed by atoms with van der Waals surface area (Å²) < 4.78 is 0. The van der Waals surface area contributed by atoms with Crippen molar-refractivity contribution in [3.05, 3.63) is 29.3 Å². The van der Waals surface area contributed by atoms with E-state index in [1.165, 1.54) is 11.3 Å². The summed E-state index contributed by atoms with van der Waals surface area (Å²) in [6, 6.07) is 6.01. The summed E-state index contributed by atoms with van der Waals surface area (Å²) in [6.07, 6.45) is 1.95. The SMILES string of the molecule is CCC(C)C(=O)c1ccc2c(c1)CCN2. The van der Waals surface area contributed by atoms with Crippen LogP contribution in [-0.2, 0) is 6.42 Å². The Morgan fingerprint density at radius 3 is 3.07 bits per heavy atom. The summed E-state index contributed by atoms with van der Waals surface area (Å²) in [5, 5.41) is 3.30. The van der Waals surface area contributed by atoms with Crippen molar-refractivity contribution in [2.75, 3.05) is 11.9 Å². The molecule has 1 aliphatic heterocycles. The molecule has 80 valence electrons. The van der Waals surface area contributed by atoms with E-state index in [2.05, 4.69) is 12.2 Å². The van der Waals surface area contributed by atoms with Gasteiger partial charge >= 0.3 is 0 Å². The summed E-state index contributed by atoms with van der Waals surface area (Å²) in [4.78, 5) is 12.0. The van der Waals surface area contributed by atoms with Crippen LogP contribution in [0, 0.1) is 5.92 Å². The predicted molar refractivity (Wildman–Crippen MR) is 62.4 cm³/mol. The first-order valence-corrected chi connectivity index (χ1v) is 5.63. The molecule has 0 fully saturated rings. The van der Waals surface area contributed by atoms with E-state index in [4.69, 9.17) is 0 Å². The lowest BCUT2D eigenvalue weighted by Crippen LogP contribution is -2.10. The molecule has 0 spiro atoms. The number of fused-ring (bicyclic) bond motifs is 1. The summed E-state index contributed by atoms with van der Waals surface area (Å²) in [5.41, 5.74) is 3.34. The molecule has 0 radical (unpaired) electrons. The van der Waals surface area contributed by atoms with Crippen molar-refractivity contribution in [2.24, 2.45) is 5.92 Å². The molecule has 0 aliphatic carbocycles. The van der Waals surface area contributed by atoms with Crippen molar-refractivity contribution >= 4 is 11.5 Å². The summed E-state index contributed by atoms with van der Waals surface area (Å²) in [7, 11) is 0. The Morgan fingerprint density at radius 2 is 2.33 bits per heavy atom. The second-order valence-electron chi connectivity index (χ2n) is 4.22. The zero-order valence-electron chi connectivity index (χ0n) is 9.34. The van der Waals surface area contributed by atoms with Crippen LogP contribution in [-0.4, -0.2) is 12.3 Å². The number of hydrogen-bond donors (Lipinski definition) is 1. The van der Waals surface area contributed by atoms with Gasteiger partial charge in [0, 0.05) is 23.7 Å². The molecule has 2 heteroatoms. The number of carbonyl (C=O) groups excluding carboxylic acids is 1. The fourth-order valence-corrected chi connectivity index (χ4v) is 1.93. The number of rotatable bonds is 3. The van der Waals surface area contributed by atoms with E-state index in [1.54, 1.807) is 0 Å². The third kappa shape index (κ3) is 1.89. The van der Waals surface area contributed by atoms with E-state index in [-0.39, 0.29) is 11.7 Å². The van der Waals surface area contributed by atoms with E-state index in [1.807, 2.05) is 25.1 Å². The molecule has 0 saturated carbocycles. The Hall–Kier alpha value is -1.31. The average Bonchev–Trinajstić information content (AvgIpc) is 2.73. The van der Waals surface area contributed by atoms with E-state index >= 15 is 0 Å². The van der Waals surface area contributed by atoms with Gasteiger partial charge < -0.3 is 5.32 Å². The van der Waals surface area contributed by atoms with Crippen LogP contribution < -0.4 is 5.32 Å². The van der Waals surface area contributed by atoms with Gasteiger partial charge in [-0.15, -0.1) is 0 Å². The molecule has 0 bridgehead atoms. The summed E-state index contributed by atoms with van der Waals surface area (Å²) >= 11 is 0. The average molecular weight is 203 g/mol. The second kappa shape index (κ2) is 4.05. The van der Waals surface area contributed by atoms with Crippen molar-refractivity contribution in [1.82, 2.24) is 0 Å². The van der Waals surface area contributed by atoms with Gasteiger partial charge in [0.2, 0.25) is 0 Å². The second-order valence-corrected chi connectivity index (χ2v) is 4.22. The lowest BCUT2D eigenvalue weighted by Gasteiger charge is -2.08. The van der Waals surface area contributed by atoms with Gasteiger partial charge in [-0.1, -0.05) is 13.8 Å². The lowest BCUT2D eigenvalue weighted by molar-refractivity contribution is 0.0927. The quantitative estimate of drug-likeness (QED) is 0.765. The lowest BCUT2D eigenvalue weighted by atomic mass is 9.95. The number of nitrogens with one attached hydrogen (secondary N) is 1. The maximum atomic E-state index is 12.0. The Morgan fingerprint density at radius 1 is 1.53 bits per heavy atom. The highest BCUT2D eigenvalue weighted by atomic mass is 16.1. The Kier molecular flexibility index (Phi) is 2.76. The van der Waals surface area contributed by atoms with Crippen LogP contribution >= 0.6 is 0 Å². The van der Waals surface area contributed by atoms with Crippen LogP contribution in [0.15, 0.2) is 18.2 Å². The van der Waals surface area contributed by atoms with Crippen LogP contribution in [0.1, 0.15) is 36.2 Å². The molecule has 1 heterocycles. The maximum Gasteiger partial charge on any atom is 0.165 e. The molecule has 0 saturated heterocycles. The van der Waals surface area contributed by atoms with Gasteiger partial charge in [-0.3, -0.25) is 4.79 Å². The van der Waals surface area contributed by atoms with Crippen molar-refractivity contribution in [3.63, 3.8) is 0 Å². The van der Waals surface area contributed by atoms with E-state index in [0.717, 1.165) is 24.9 Å². The molecule has 15 heavy (non-hydrogen) atoms. The van der Waals surface area contributed by atoms with Crippen molar-refractivity contribution in [3.8, 4) is 0 Å². The van der Waals surface area contributed by atoms with E-state index in [9.17, 15) is 4.79 Å². The van der Waals surface area contributed by atoms with Crippen LogP contribution in [0.4, 0.5) is 5.69 Å². The van der Waals surface area contributed by atoms with Gasteiger partial charge in [-0.2, -0.15) is 0 Å². The summed E-state index contributed by atoms with van der Waals surface area (Å²) in [6.45, 7) is 5.04. The number of carbonyl (C=O) groups is 1. The van der Waals surface area contributed by atoms with E-state index < -0.39 is 0 Å². The molecule has 0 amide bonds. The summed E-state index contributed by atoms with van der Waals surface area (Å²) in [5.74, 6) is 0.407. The number of benzene rings is 1. The molecule has 2 rings (SSSR count). The van der Waals surface area contributed by atoms with Gasteiger partial charge in [0.25, 0.3) is 0 Å².